The molecular weight excluding hydrogens is 636 g/mol. The Morgan fingerprint density at radius 1 is 0.712 bits per heavy atom. The molecule has 0 spiro atoms. The zero-order valence-corrected chi connectivity index (χ0v) is 28.8. The largest absolute Gasteiger partial charge is 0.310 e. The first-order chi connectivity index (χ1) is 25.6. The zero-order chi connectivity index (χ0) is 34.9. The first-order valence-corrected chi connectivity index (χ1v) is 17.9. The summed E-state index contributed by atoms with van der Waals surface area (Å²) >= 11 is 0. The van der Waals surface area contributed by atoms with Gasteiger partial charge in [0.2, 0.25) is 0 Å². The summed E-state index contributed by atoms with van der Waals surface area (Å²) in [5.41, 5.74) is 16.8. The van der Waals surface area contributed by atoms with Crippen LogP contribution < -0.4 is 4.90 Å². The number of hydrogen-bond acceptors (Lipinski definition) is 1. The van der Waals surface area contributed by atoms with Crippen molar-refractivity contribution in [2.75, 3.05) is 4.90 Å². The van der Waals surface area contributed by atoms with Crippen molar-refractivity contribution in [2.24, 2.45) is 0 Å². The summed E-state index contributed by atoms with van der Waals surface area (Å²) in [7, 11) is 0. The van der Waals surface area contributed by atoms with Crippen molar-refractivity contribution in [3.8, 4) is 27.9 Å². The van der Waals surface area contributed by atoms with Gasteiger partial charge < -0.3 is 9.47 Å². The van der Waals surface area contributed by atoms with Gasteiger partial charge in [-0.15, -0.1) is 0 Å². The van der Waals surface area contributed by atoms with Crippen LogP contribution in [0.15, 0.2) is 182 Å². The Kier molecular flexibility index (Phi) is 6.91. The fourth-order valence-electron chi connectivity index (χ4n) is 8.95. The van der Waals surface area contributed by atoms with Gasteiger partial charge in [-0.25, -0.2) is 4.39 Å². The fourth-order valence-corrected chi connectivity index (χ4v) is 8.95. The average molecular weight is 671 g/mol. The quantitative estimate of drug-likeness (QED) is 0.160. The normalized spacial score (nSPS) is 16.8. The van der Waals surface area contributed by atoms with Crippen LogP contribution in [0.5, 0.6) is 0 Å². The molecule has 3 heteroatoms. The standard InChI is InChI=1S/C49H35FN2/c1-3-5-12-32(4-2)51(35-26-28-47-44(29-35)38-14-8-9-20-46(38)52(47)33-23-21-31(50)22-24-33)34-25-27-37-41-17-11-18-42-43-19-10-16-40(49(43)45(37)30-34)36-13-6-7-15-39(36)48(41)42/h3-30,42,48H,2H2,1H3/b5-3-,32-12+. The number of benzene rings is 6. The summed E-state index contributed by atoms with van der Waals surface area (Å²) in [4.78, 5) is 2.32. The fraction of sp³-hybridized carbons (Fsp3) is 0.0612. The van der Waals surface area contributed by atoms with Gasteiger partial charge in [-0.2, -0.15) is 0 Å². The molecule has 3 aliphatic carbocycles. The minimum Gasteiger partial charge on any atom is -0.310 e. The van der Waals surface area contributed by atoms with Crippen LogP contribution in [-0.4, -0.2) is 4.57 Å². The summed E-state index contributed by atoms with van der Waals surface area (Å²) < 4.78 is 16.2. The molecule has 0 N–H and O–H groups in total. The second kappa shape index (κ2) is 11.8. The summed E-state index contributed by atoms with van der Waals surface area (Å²) in [5.74, 6) is 0.274. The highest BCUT2D eigenvalue weighted by Gasteiger charge is 2.40. The molecule has 0 radical (unpaired) electrons. The number of anilines is 2. The zero-order valence-electron chi connectivity index (χ0n) is 28.8. The molecule has 0 saturated carbocycles. The lowest BCUT2D eigenvalue weighted by Crippen LogP contribution is -2.16. The smallest absolute Gasteiger partial charge is 0.123 e. The van der Waals surface area contributed by atoms with Gasteiger partial charge in [0.25, 0.3) is 0 Å². The second-order valence-electron chi connectivity index (χ2n) is 13.8. The summed E-state index contributed by atoms with van der Waals surface area (Å²) in [5, 5.41) is 2.26. The van der Waals surface area contributed by atoms with Gasteiger partial charge in [0.05, 0.1) is 11.0 Å². The maximum absolute atomic E-state index is 14.0. The maximum Gasteiger partial charge on any atom is 0.123 e. The number of nitrogens with zero attached hydrogens (tertiary/aromatic N) is 2. The van der Waals surface area contributed by atoms with Gasteiger partial charge in [0, 0.05) is 45.4 Å². The van der Waals surface area contributed by atoms with E-state index in [-0.39, 0.29) is 17.7 Å². The molecule has 0 amide bonds. The van der Waals surface area contributed by atoms with Crippen LogP contribution in [-0.2, 0) is 0 Å². The topological polar surface area (TPSA) is 8.17 Å². The Hall–Kier alpha value is -6.45. The van der Waals surface area contributed by atoms with Crippen LogP contribution >= 0.6 is 0 Å². The van der Waals surface area contributed by atoms with Crippen molar-refractivity contribution in [1.82, 2.24) is 4.57 Å². The molecule has 3 aliphatic rings. The third-order valence-corrected chi connectivity index (χ3v) is 11.1. The number of rotatable bonds is 6. The molecule has 52 heavy (non-hydrogen) atoms. The van der Waals surface area contributed by atoms with E-state index in [0.717, 1.165) is 44.6 Å². The molecule has 1 heterocycles. The maximum atomic E-state index is 14.0. The molecule has 0 aliphatic heterocycles. The Labute approximate surface area is 303 Å². The number of halogens is 1. The molecule has 6 aromatic carbocycles. The van der Waals surface area contributed by atoms with Crippen LogP contribution in [0.1, 0.15) is 35.4 Å². The Morgan fingerprint density at radius 3 is 2.33 bits per heavy atom. The number of fused-ring (bicyclic) bond motifs is 7. The summed E-state index contributed by atoms with van der Waals surface area (Å²) in [6.07, 6.45) is 15.2. The van der Waals surface area contributed by atoms with Crippen LogP contribution in [0, 0.1) is 5.82 Å². The van der Waals surface area contributed by atoms with Crippen molar-refractivity contribution >= 4 is 38.8 Å². The van der Waals surface area contributed by atoms with Crippen molar-refractivity contribution in [2.45, 2.75) is 18.8 Å². The van der Waals surface area contributed by atoms with Gasteiger partial charge in [0.15, 0.2) is 0 Å². The number of allylic oxidation sites excluding steroid dienone is 8. The van der Waals surface area contributed by atoms with Gasteiger partial charge in [-0.3, -0.25) is 0 Å². The molecular formula is C49H35FN2. The molecule has 2 atom stereocenters. The minimum atomic E-state index is -0.246. The molecule has 0 saturated heterocycles. The highest BCUT2D eigenvalue weighted by molar-refractivity contribution is 6.10. The van der Waals surface area contributed by atoms with Gasteiger partial charge >= 0.3 is 0 Å². The molecule has 2 unspecified atom stereocenters. The highest BCUT2D eigenvalue weighted by atomic mass is 19.1. The SMILES string of the molecule is C=C/C(=C\C=C/C)N(c1ccc2c(c1)-c1c3cccc1C1C=CC=C2C1c1ccccc1-3)c1ccc2c(c1)c1ccccc1n2-c1ccc(F)cc1. The van der Waals surface area contributed by atoms with Crippen molar-refractivity contribution in [1.29, 1.82) is 0 Å². The Balaban J connectivity index is 1.22. The lowest BCUT2D eigenvalue weighted by molar-refractivity contribution is 0.627. The third-order valence-electron chi connectivity index (χ3n) is 11.1. The Morgan fingerprint density at radius 2 is 1.46 bits per heavy atom. The van der Waals surface area contributed by atoms with Crippen LogP contribution in [0.25, 0.3) is 55.3 Å². The molecule has 7 aromatic rings. The van der Waals surface area contributed by atoms with Crippen LogP contribution in [0.3, 0.4) is 0 Å². The predicted octanol–water partition coefficient (Wildman–Crippen LogP) is 13.2. The molecule has 2 nitrogen and oxygen atoms in total. The van der Waals surface area contributed by atoms with Crippen LogP contribution in [0.4, 0.5) is 15.8 Å². The van der Waals surface area contributed by atoms with E-state index in [0.29, 0.717) is 0 Å². The summed E-state index contributed by atoms with van der Waals surface area (Å²) in [6.45, 7) is 6.33. The first-order valence-electron chi connectivity index (χ1n) is 17.9. The van der Waals surface area contributed by atoms with Crippen LogP contribution in [0.2, 0.25) is 0 Å². The molecule has 10 rings (SSSR count). The minimum absolute atomic E-state index is 0.246. The average Bonchev–Trinajstić information content (AvgIpc) is 3.46. The van der Waals surface area contributed by atoms with E-state index in [9.17, 15) is 4.39 Å². The van der Waals surface area contributed by atoms with Crippen molar-refractivity contribution < 1.29 is 4.39 Å². The lowest BCUT2D eigenvalue weighted by atomic mass is 9.73. The highest BCUT2D eigenvalue weighted by Crippen LogP contribution is 2.59. The van der Waals surface area contributed by atoms with Crippen molar-refractivity contribution in [3.63, 3.8) is 0 Å². The number of para-hydroxylation sites is 1. The van der Waals surface area contributed by atoms with E-state index in [2.05, 4.69) is 150 Å². The Bertz CT molecular complexity index is 2740. The van der Waals surface area contributed by atoms with E-state index < -0.39 is 0 Å². The number of aromatic nitrogens is 1. The van der Waals surface area contributed by atoms with Crippen molar-refractivity contribution in [3.05, 3.63) is 205 Å². The third kappa shape index (κ3) is 4.42. The predicted molar refractivity (Wildman–Crippen MR) is 216 cm³/mol. The van der Waals surface area contributed by atoms with E-state index in [1.807, 2.05) is 31.2 Å². The van der Waals surface area contributed by atoms with Gasteiger partial charge in [-0.05, 0) is 124 Å². The second-order valence-corrected chi connectivity index (χ2v) is 13.8. The molecule has 1 aromatic heterocycles. The molecule has 0 fully saturated rings. The molecule has 6 bridgehead atoms. The van der Waals surface area contributed by atoms with Gasteiger partial charge in [0.1, 0.15) is 5.82 Å². The van der Waals surface area contributed by atoms with E-state index in [4.69, 9.17) is 0 Å². The van der Waals surface area contributed by atoms with E-state index in [1.54, 1.807) is 0 Å². The van der Waals surface area contributed by atoms with E-state index >= 15 is 0 Å². The monoisotopic (exact) mass is 670 g/mol. The van der Waals surface area contributed by atoms with Gasteiger partial charge in [-0.1, -0.05) is 104 Å². The van der Waals surface area contributed by atoms with E-state index in [1.165, 1.54) is 56.6 Å². The summed E-state index contributed by atoms with van der Waals surface area (Å²) in [6, 6.07) is 44.7. The first kappa shape index (κ1) is 30.4. The molecule has 248 valence electrons. The lowest BCUT2D eigenvalue weighted by Gasteiger charge is -2.31. The number of hydrogen-bond donors (Lipinski definition) is 0.